The zero-order valence-electron chi connectivity index (χ0n) is 10.3. The van der Waals surface area contributed by atoms with Crippen LogP contribution < -0.4 is 10.1 Å². The van der Waals surface area contributed by atoms with Crippen LogP contribution in [0.2, 0.25) is 0 Å². The first-order chi connectivity index (χ1) is 8.45. The predicted octanol–water partition coefficient (Wildman–Crippen LogP) is 0.549. The summed E-state index contributed by atoms with van der Waals surface area (Å²) in [7, 11) is 1.47. The Kier molecular flexibility index (Phi) is 4.52. The van der Waals surface area contributed by atoms with Crippen LogP contribution in [0.3, 0.4) is 0 Å². The number of aromatic carboxylic acids is 1. The summed E-state index contributed by atoms with van der Waals surface area (Å²) in [5.41, 5.74) is -0.673. The van der Waals surface area contributed by atoms with Gasteiger partial charge in [0, 0.05) is 6.07 Å². The maximum Gasteiger partial charge on any atom is 0.337 e. The lowest BCUT2D eigenvalue weighted by Gasteiger charge is -2.28. The second-order valence-electron chi connectivity index (χ2n) is 4.22. The minimum atomic E-state index is -1.10. The van der Waals surface area contributed by atoms with E-state index in [1.807, 2.05) is 0 Å². The van der Waals surface area contributed by atoms with Crippen molar-refractivity contribution in [3.63, 3.8) is 0 Å². The average Bonchev–Trinajstić information content (AvgIpc) is 2.38. The molecule has 0 fully saturated rings. The lowest BCUT2D eigenvalue weighted by molar-refractivity contribution is 0.0697. The smallest absolute Gasteiger partial charge is 0.337 e. The lowest BCUT2D eigenvalue weighted by Crippen LogP contribution is -2.42. The molecule has 0 heterocycles. The van der Waals surface area contributed by atoms with Crippen molar-refractivity contribution >= 4 is 11.7 Å². The highest BCUT2D eigenvalue weighted by Crippen LogP contribution is 2.25. The van der Waals surface area contributed by atoms with Crippen LogP contribution in [0.15, 0.2) is 18.2 Å². The summed E-state index contributed by atoms with van der Waals surface area (Å²) in [4.78, 5) is 11.1. The van der Waals surface area contributed by atoms with E-state index in [2.05, 4.69) is 5.32 Å². The summed E-state index contributed by atoms with van der Waals surface area (Å²) in [6, 6.07) is 4.44. The molecule has 0 saturated heterocycles. The van der Waals surface area contributed by atoms with E-state index < -0.39 is 11.5 Å². The molecular formula is C12H17NO5. The molecule has 0 saturated carbocycles. The van der Waals surface area contributed by atoms with E-state index in [4.69, 9.17) is 9.84 Å². The van der Waals surface area contributed by atoms with Gasteiger partial charge in [0.15, 0.2) is 0 Å². The molecule has 0 amide bonds. The highest BCUT2D eigenvalue weighted by atomic mass is 16.5. The third-order valence-electron chi connectivity index (χ3n) is 2.59. The summed E-state index contributed by atoms with van der Waals surface area (Å²) in [6.45, 7) is 0.914. The molecule has 18 heavy (non-hydrogen) atoms. The topological polar surface area (TPSA) is 99.0 Å². The number of anilines is 1. The van der Waals surface area contributed by atoms with Gasteiger partial charge in [-0.05, 0) is 19.1 Å². The number of carboxylic acids is 1. The van der Waals surface area contributed by atoms with Crippen molar-refractivity contribution in [2.24, 2.45) is 0 Å². The van der Waals surface area contributed by atoms with E-state index >= 15 is 0 Å². The molecule has 0 atom stereocenters. The van der Waals surface area contributed by atoms with Crippen LogP contribution in [-0.4, -0.2) is 47.2 Å². The van der Waals surface area contributed by atoms with Crippen molar-refractivity contribution in [1.29, 1.82) is 0 Å². The number of aliphatic hydroxyl groups is 2. The minimum absolute atomic E-state index is 0.0453. The van der Waals surface area contributed by atoms with E-state index in [0.29, 0.717) is 5.75 Å². The van der Waals surface area contributed by atoms with E-state index in [1.54, 1.807) is 6.92 Å². The summed E-state index contributed by atoms with van der Waals surface area (Å²) < 4.78 is 5.01. The number of methoxy groups -OCH3 is 1. The molecule has 0 unspecified atom stereocenters. The van der Waals surface area contributed by atoms with Gasteiger partial charge in [0.05, 0.1) is 37.1 Å². The van der Waals surface area contributed by atoms with Gasteiger partial charge in [-0.25, -0.2) is 4.79 Å². The van der Waals surface area contributed by atoms with Crippen LogP contribution in [-0.2, 0) is 0 Å². The van der Waals surface area contributed by atoms with Crippen LogP contribution in [0.4, 0.5) is 5.69 Å². The molecule has 0 aromatic heterocycles. The van der Waals surface area contributed by atoms with Gasteiger partial charge in [0.25, 0.3) is 0 Å². The van der Waals surface area contributed by atoms with E-state index in [9.17, 15) is 15.0 Å². The Bertz CT molecular complexity index is 428. The zero-order chi connectivity index (χ0) is 13.8. The fraction of sp³-hybridized carbons (Fsp3) is 0.417. The molecule has 0 aliphatic carbocycles. The predicted molar refractivity (Wildman–Crippen MR) is 66.2 cm³/mol. The number of rotatable bonds is 6. The Morgan fingerprint density at radius 3 is 2.44 bits per heavy atom. The standard InChI is InChI=1S/C12H17NO5/c1-12(6-14,7-15)13-10-5-8(18-2)3-4-9(10)11(16)17/h3-5,13-15H,6-7H2,1-2H3,(H,16,17). The normalized spacial score (nSPS) is 11.1. The van der Waals surface area contributed by atoms with Crippen LogP contribution >= 0.6 is 0 Å². The molecule has 0 aliphatic rings. The fourth-order valence-electron chi connectivity index (χ4n) is 1.39. The number of aliphatic hydroxyl groups excluding tert-OH is 2. The monoisotopic (exact) mass is 255 g/mol. The minimum Gasteiger partial charge on any atom is -0.497 e. The van der Waals surface area contributed by atoms with Crippen molar-refractivity contribution in [2.75, 3.05) is 25.6 Å². The van der Waals surface area contributed by atoms with E-state index in [0.717, 1.165) is 0 Å². The third-order valence-corrected chi connectivity index (χ3v) is 2.59. The molecular weight excluding hydrogens is 238 g/mol. The maximum atomic E-state index is 11.1. The first-order valence-corrected chi connectivity index (χ1v) is 5.37. The van der Waals surface area contributed by atoms with Gasteiger partial charge < -0.3 is 25.4 Å². The van der Waals surface area contributed by atoms with Crippen molar-refractivity contribution < 1.29 is 24.9 Å². The van der Waals surface area contributed by atoms with Gasteiger partial charge in [-0.1, -0.05) is 0 Å². The average molecular weight is 255 g/mol. The van der Waals surface area contributed by atoms with Gasteiger partial charge in [0.2, 0.25) is 0 Å². The number of hydrogen-bond donors (Lipinski definition) is 4. The van der Waals surface area contributed by atoms with Gasteiger partial charge in [-0.15, -0.1) is 0 Å². The number of ether oxygens (including phenoxy) is 1. The Labute approximate surface area is 105 Å². The van der Waals surface area contributed by atoms with Crippen LogP contribution in [0.25, 0.3) is 0 Å². The van der Waals surface area contributed by atoms with E-state index in [1.165, 1.54) is 25.3 Å². The first-order valence-electron chi connectivity index (χ1n) is 5.37. The summed E-state index contributed by atoms with van der Waals surface area (Å²) in [5, 5.41) is 30.3. The molecule has 0 aliphatic heterocycles. The molecule has 1 aromatic rings. The SMILES string of the molecule is COc1ccc(C(=O)O)c(NC(C)(CO)CO)c1. The molecule has 4 N–H and O–H groups in total. The zero-order valence-corrected chi connectivity index (χ0v) is 10.3. The Morgan fingerprint density at radius 2 is 2.00 bits per heavy atom. The van der Waals surface area contributed by atoms with Crippen LogP contribution in [0, 0.1) is 0 Å². The van der Waals surface area contributed by atoms with Crippen LogP contribution in [0.1, 0.15) is 17.3 Å². The second-order valence-corrected chi connectivity index (χ2v) is 4.22. The van der Waals surface area contributed by atoms with Gasteiger partial charge >= 0.3 is 5.97 Å². The van der Waals surface area contributed by atoms with Crippen molar-refractivity contribution in [2.45, 2.75) is 12.5 Å². The third kappa shape index (κ3) is 3.12. The molecule has 1 aromatic carbocycles. The number of nitrogens with one attached hydrogen (secondary N) is 1. The Morgan fingerprint density at radius 1 is 1.39 bits per heavy atom. The van der Waals surface area contributed by atoms with Gasteiger partial charge in [-0.3, -0.25) is 0 Å². The Balaban J connectivity index is 3.15. The number of hydrogen-bond acceptors (Lipinski definition) is 5. The number of carbonyl (C=O) groups is 1. The molecule has 6 nitrogen and oxygen atoms in total. The molecule has 100 valence electrons. The molecule has 1 rings (SSSR count). The molecule has 0 bridgehead atoms. The lowest BCUT2D eigenvalue weighted by atomic mass is 10.0. The summed E-state index contributed by atoms with van der Waals surface area (Å²) in [5.74, 6) is -0.612. The fourth-order valence-corrected chi connectivity index (χ4v) is 1.39. The van der Waals surface area contributed by atoms with E-state index in [-0.39, 0.29) is 24.5 Å². The van der Waals surface area contributed by atoms with Crippen molar-refractivity contribution in [3.8, 4) is 5.75 Å². The second kappa shape index (κ2) is 5.70. The van der Waals surface area contributed by atoms with Crippen LogP contribution in [0.5, 0.6) is 5.75 Å². The summed E-state index contributed by atoms with van der Waals surface area (Å²) in [6.07, 6.45) is 0. The largest absolute Gasteiger partial charge is 0.497 e. The molecule has 6 heteroatoms. The molecule has 0 radical (unpaired) electrons. The quantitative estimate of drug-likeness (QED) is 0.592. The molecule has 0 spiro atoms. The number of benzene rings is 1. The highest BCUT2D eigenvalue weighted by Gasteiger charge is 2.24. The summed E-state index contributed by atoms with van der Waals surface area (Å²) >= 11 is 0. The van der Waals surface area contributed by atoms with Crippen molar-refractivity contribution in [1.82, 2.24) is 0 Å². The van der Waals surface area contributed by atoms with Crippen molar-refractivity contribution in [3.05, 3.63) is 23.8 Å². The number of carboxylic acid groups (broad SMARTS) is 1. The Hall–Kier alpha value is -1.79. The maximum absolute atomic E-state index is 11.1. The van der Waals surface area contributed by atoms with Gasteiger partial charge in [-0.2, -0.15) is 0 Å². The highest BCUT2D eigenvalue weighted by molar-refractivity contribution is 5.94. The van der Waals surface area contributed by atoms with Gasteiger partial charge in [0.1, 0.15) is 5.75 Å². The first kappa shape index (κ1) is 14.3.